The van der Waals surface area contributed by atoms with E-state index in [4.69, 9.17) is 9.52 Å². The zero-order chi connectivity index (χ0) is 11.3. The second-order valence-corrected chi connectivity index (χ2v) is 3.13. The molecule has 2 N–H and O–H groups in total. The largest absolute Gasteiger partial charge is 0.481 e. The lowest BCUT2D eigenvalue weighted by Crippen LogP contribution is -2.32. The van der Waals surface area contributed by atoms with Gasteiger partial charge in [-0.1, -0.05) is 6.92 Å². The van der Waals surface area contributed by atoms with Crippen LogP contribution >= 0.6 is 0 Å². The van der Waals surface area contributed by atoms with Crippen molar-refractivity contribution in [3.05, 3.63) is 24.2 Å². The molecule has 1 aromatic rings. The predicted octanol–water partition coefficient (Wildman–Crippen LogP) is 1.12. The molecule has 0 bridgehead atoms. The molecule has 15 heavy (non-hydrogen) atoms. The highest BCUT2D eigenvalue weighted by atomic mass is 16.4. The van der Waals surface area contributed by atoms with Crippen LogP contribution in [0.15, 0.2) is 22.8 Å². The lowest BCUT2D eigenvalue weighted by atomic mass is 10.1. The van der Waals surface area contributed by atoms with Gasteiger partial charge in [0, 0.05) is 6.54 Å². The smallest absolute Gasteiger partial charge is 0.308 e. The molecule has 0 aliphatic heterocycles. The van der Waals surface area contributed by atoms with Crippen LogP contribution in [0.4, 0.5) is 0 Å². The third kappa shape index (κ3) is 3.12. The van der Waals surface area contributed by atoms with Gasteiger partial charge in [0.15, 0.2) is 5.76 Å². The van der Waals surface area contributed by atoms with E-state index in [1.807, 2.05) is 0 Å². The number of carbonyl (C=O) groups excluding carboxylic acids is 1. The Labute approximate surface area is 87.1 Å². The van der Waals surface area contributed by atoms with Gasteiger partial charge in [-0.3, -0.25) is 9.59 Å². The fourth-order valence-corrected chi connectivity index (χ4v) is 1.12. The van der Waals surface area contributed by atoms with Crippen LogP contribution in [0.3, 0.4) is 0 Å². The van der Waals surface area contributed by atoms with E-state index in [0.29, 0.717) is 6.42 Å². The summed E-state index contributed by atoms with van der Waals surface area (Å²) in [7, 11) is 0. The van der Waals surface area contributed by atoms with Gasteiger partial charge >= 0.3 is 5.97 Å². The molecule has 0 saturated carbocycles. The van der Waals surface area contributed by atoms with Gasteiger partial charge in [-0.2, -0.15) is 0 Å². The topological polar surface area (TPSA) is 79.5 Å². The third-order valence-electron chi connectivity index (χ3n) is 2.10. The highest BCUT2D eigenvalue weighted by molar-refractivity contribution is 5.91. The molecule has 0 fully saturated rings. The molecule has 0 aliphatic carbocycles. The summed E-state index contributed by atoms with van der Waals surface area (Å²) in [6.45, 7) is 1.88. The first-order valence-electron chi connectivity index (χ1n) is 4.69. The van der Waals surface area contributed by atoms with E-state index in [9.17, 15) is 9.59 Å². The number of hydrogen-bond acceptors (Lipinski definition) is 3. The summed E-state index contributed by atoms with van der Waals surface area (Å²) in [6, 6.07) is 3.13. The van der Waals surface area contributed by atoms with Crippen molar-refractivity contribution in [2.75, 3.05) is 6.54 Å². The van der Waals surface area contributed by atoms with E-state index in [1.165, 1.54) is 12.3 Å². The summed E-state index contributed by atoms with van der Waals surface area (Å²) >= 11 is 0. The summed E-state index contributed by atoms with van der Waals surface area (Å²) in [5.74, 6) is -1.66. The maximum atomic E-state index is 11.4. The molecule has 0 radical (unpaired) electrons. The number of aliphatic carboxylic acids is 1. The van der Waals surface area contributed by atoms with E-state index in [1.54, 1.807) is 13.0 Å². The molecule has 5 heteroatoms. The van der Waals surface area contributed by atoms with Crippen molar-refractivity contribution in [2.45, 2.75) is 13.3 Å². The predicted molar refractivity (Wildman–Crippen MR) is 52.5 cm³/mol. The second kappa shape index (κ2) is 5.19. The highest BCUT2D eigenvalue weighted by Gasteiger charge is 2.17. The minimum Gasteiger partial charge on any atom is -0.481 e. The number of furan rings is 1. The van der Waals surface area contributed by atoms with Crippen LogP contribution in [0.1, 0.15) is 23.9 Å². The highest BCUT2D eigenvalue weighted by Crippen LogP contribution is 2.03. The Morgan fingerprint density at radius 3 is 2.80 bits per heavy atom. The van der Waals surface area contributed by atoms with Gasteiger partial charge in [-0.25, -0.2) is 0 Å². The van der Waals surface area contributed by atoms with Crippen LogP contribution in [0.2, 0.25) is 0 Å². The van der Waals surface area contributed by atoms with Crippen molar-refractivity contribution in [1.29, 1.82) is 0 Å². The molecule has 0 aliphatic rings. The SMILES string of the molecule is CCC(CNC(=O)c1ccco1)C(=O)O. The van der Waals surface area contributed by atoms with Crippen LogP contribution in [-0.4, -0.2) is 23.5 Å². The molecule has 1 amide bonds. The Morgan fingerprint density at radius 2 is 2.33 bits per heavy atom. The number of nitrogens with one attached hydrogen (secondary N) is 1. The average Bonchev–Trinajstić information content (AvgIpc) is 2.70. The maximum Gasteiger partial charge on any atom is 0.308 e. The maximum absolute atomic E-state index is 11.4. The van der Waals surface area contributed by atoms with E-state index < -0.39 is 11.9 Å². The standard InChI is InChI=1S/C10H13NO4/c1-2-7(10(13)14)6-11-9(12)8-4-3-5-15-8/h3-5,7H,2,6H2,1H3,(H,11,12)(H,13,14). The molecule has 0 saturated heterocycles. The second-order valence-electron chi connectivity index (χ2n) is 3.13. The number of carbonyl (C=O) groups is 2. The summed E-state index contributed by atoms with van der Waals surface area (Å²) in [4.78, 5) is 22.0. The zero-order valence-electron chi connectivity index (χ0n) is 8.40. The summed E-state index contributed by atoms with van der Waals surface area (Å²) < 4.78 is 4.86. The van der Waals surface area contributed by atoms with Crippen molar-refractivity contribution in [1.82, 2.24) is 5.32 Å². The molecule has 1 aromatic heterocycles. The van der Waals surface area contributed by atoms with Crippen LogP contribution in [0.25, 0.3) is 0 Å². The minimum absolute atomic E-state index is 0.116. The average molecular weight is 211 g/mol. The number of hydrogen-bond donors (Lipinski definition) is 2. The number of rotatable bonds is 5. The molecule has 1 unspecified atom stereocenters. The fourth-order valence-electron chi connectivity index (χ4n) is 1.12. The molecule has 82 valence electrons. The monoisotopic (exact) mass is 211 g/mol. The first-order chi connectivity index (χ1) is 7.15. The van der Waals surface area contributed by atoms with Gasteiger partial charge in [0.05, 0.1) is 12.2 Å². The van der Waals surface area contributed by atoms with Crippen LogP contribution in [0.5, 0.6) is 0 Å². The zero-order valence-corrected chi connectivity index (χ0v) is 8.40. The fraction of sp³-hybridized carbons (Fsp3) is 0.400. The lowest BCUT2D eigenvalue weighted by molar-refractivity contribution is -0.141. The molecule has 0 aromatic carbocycles. The van der Waals surface area contributed by atoms with E-state index in [-0.39, 0.29) is 18.2 Å². The Balaban J connectivity index is 2.43. The molecule has 1 rings (SSSR count). The van der Waals surface area contributed by atoms with Crippen molar-refractivity contribution in [3.63, 3.8) is 0 Å². The normalized spacial score (nSPS) is 12.1. The Hall–Kier alpha value is -1.78. The lowest BCUT2D eigenvalue weighted by Gasteiger charge is -2.09. The molecular weight excluding hydrogens is 198 g/mol. The Morgan fingerprint density at radius 1 is 1.60 bits per heavy atom. The molecule has 0 spiro atoms. The van der Waals surface area contributed by atoms with Gasteiger partial charge in [-0.05, 0) is 18.6 Å². The van der Waals surface area contributed by atoms with Crippen LogP contribution in [-0.2, 0) is 4.79 Å². The first kappa shape index (κ1) is 11.3. The quantitative estimate of drug-likeness (QED) is 0.764. The number of amides is 1. The Kier molecular flexibility index (Phi) is 3.91. The molecular formula is C10H13NO4. The van der Waals surface area contributed by atoms with Crippen molar-refractivity contribution in [2.24, 2.45) is 5.92 Å². The number of carboxylic acid groups (broad SMARTS) is 1. The molecule has 1 atom stereocenters. The van der Waals surface area contributed by atoms with Gasteiger partial charge < -0.3 is 14.8 Å². The van der Waals surface area contributed by atoms with Crippen molar-refractivity contribution < 1.29 is 19.1 Å². The van der Waals surface area contributed by atoms with E-state index >= 15 is 0 Å². The van der Waals surface area contributed by atoms with Gasteiger partial charge in [0.25, 0.3) is 5.91 Å². The van der Waals surface area contributed by atoms with Gasteiger partial charge in [-0.15, -0.1) is 0 Å². The van der Waals surface area contributed by atoms with Crippen LogP contribution in [0, 0.1) is 5.92 Å². The van der Waals surface area contributed by atoms with Crippen molar-refractivity contribution in [3.8, 4) is 0 Å². The number of carboxylic acids is 1. The Bertz CT molecular complexity index is 331. The van der Waals surface area contributed by atoms with Crippen LogP contribution < -0.4 is 5.32 Å². The summed E-state index contributed by atoms with van der Waals surface area (Å²) in [6.07, 6.45) is 1.87. The van der Waals surface area contributed by atoms with E-state index in [2.05, 4.69) is 5.32 Å². The first-order valence-corrected chi connectivity index (χ1v) is 4.69. The van der Waals surface area contributed by atoms with Crippen molar-refractivity contribution >= 4 is 11.9 Å². The third-order valence-corrected chi connectivity index (χ3v) is 2.10. The van der Waals surface area contributed by atoms with E-state index in [0.717, 1.165) is 0 Å². The molecule has 5 nitrogen and oxygen atoms in total. The van der Waals surface area contributed by atoms with Gasteiger partial charge in [0.1, 0.15) is 0 Å². The van der Waals surface area contributed by atoms with Gasteiger partial charge in [0.2, 0.25) is 0 Å². The summed E-state index contributed by atoms with van der Waals surface area (Å²) in [5.41, 5.74) is 0. The minimum atomic E-state index is -0.905. The molecule has 1 heterocycles. The summed E-state index contributed by atoms with van der Waals surface area (Å²) in [5, 5.41) is 11.2.